The molecule has 0 radical (unpaired) electrons. The maximum atomic E-state index is 13.2. The monoisotopic (exact) mass is 425 g/mol. The number of allylic oxidation sites excluding steroid dienone is 1. The second-order valence-electron chi connectivity index (χ2n) is 8.79. The zero-order valence-corrected chi connectivity index (χ0v) is 18.4. The third-order valence-electron chi connectivity index (χ3n) is 6.92. The second kappa shape index (κ2) is 8.55. The summed E-state index contributed by atoms with van der Waals surface area (Å²) in [6.45, 7) is 5.26. The Hall–Kier alpha value is -2.51. The van der Waals surface area contributed by atoms with Crippen molar-refractivity contribution in [1.29, 1.82) is 0 Å². The molecule has 3 aliphatic heterocycles. The van der Waals surface area contributed by atoms with Crippen LogP contribution in [0.3, 0.4) is 0 Å². The lowest BCUT2D eigenvalue weighted by molar-refractivity contribution is -0.128. The summed E-state index contributed by atoms with van der Waals surface area (Å²) in [5, 5.41) is 0. The second-order valence-corrected chi connectivity index (χ2v) is 8.79. The first-order chi connectivity index (χ1) is 15.1. The van der Waals surface area contributed by atoms with Crippen LogP contribution in [0.25, 0.3) is 0 Å². The van der Waals surface area contributed by atoms with E-state index < -0.39 is 0 Å². The molecule has 1 saturated heterocycles. The van der Waals surface area contributed by atoms with Gasteiger partial charge in [0.25, 0.3) is 0 Å². The van der Waals surface area contributed by atoms with Crippen molar-refractivity contribution in [2.75, 3.05) is 53.7 Å². The molecule has 0 spiro atoms. The number of benzene rings is 1. The van der Waals surface area contributed by atoms with Gasteiger partial charge in [0, 0.05) is 51.4 Å². The van der Waals surface area contributed by atoms with Gasteiger partial charge in [-0.25, -0.2) is 0 Å². The van der Waals surface area contributed by atoms with Crippen LogP contribution in [0.15, 0.2) is 41.3 Å². The van der Waals surface area contributed by atoms with Gasteiger partial charge in [0.05, 0.1) is 19.3 Å². The van der Waals surface area contributed by atoms with Crippen molar-refractivity contribution in [3.05, 3.63) is 46.9 Å². The van der Waals surface area contributed by atoms with E-state index in [1.165, 1.54) is 11.1 Å². The van der Waals surface area contributed by atoms with Gasteiger partial charge in [-0.2, -0.15) is 0 Å². The minimum Gasteiger partial charge on any atom is -0.501 e. The zero-order chi connectivity index (χ0) is 21.4. The molecule has 0 aromatic heterocycles. The highest BCUT2D eigenvalue weighted by Gasteiger charge is 2.35. The summed E-state index contributed by atoms with van der Waals surface area (Å²) in [6.07, 6.45) is 5.34. The van der Waals surface area contributed by atoms with E-state index in [1.807, 2.05) is 23.1 Å². The molecule has 7 heteroatoms. The normalized spacial score (nSPS) is 24.1. The van der Waals surface area contributed by atoms with Crippen molar-refractivity contribution in [1.82, 2.24) is 14.7 Å². The Kier molecular flexibility index (Phi) is 5.63. The summed E-state index contributed by atoms with van der Waals surface area (Å²) in [5.74, 6) is 2.68. The molecule has 1 aromatic rings. The third kappa shape index (κ3) is 4.04. The molecule has 7 nitrogen and oxygen atoms in total. The molecular formula is C24H31N3O4. The first-order valence-electron chi connectivity index (χ1n) is 11.2. The largest absolute Gasteiger partial charge is 0.501 e. The number of carbonyl (C=O) groups is 1. The quantitative estimate of drug-likeness (QED) is 0.739. The van der Waals surface area contributed by atoms with E-state index in [4.69, 9.17) is 14.2 Å². The zero-order valence-electron chi connectivity index (χ0n) is 18.4. The number of carbonyl (C=O) groups excluding carboxylic acids is 1. The first-order valence-corrected chi connectivity index (χ1v) is 11.2. The van der Waals surface area contributed by atoms with Gasteiger partial charge in [-0.15, -0.1) is 0 Å². The number of amides is 1. The number of rotatable bonds is 4. The van der Waals surface area contributed by atoms with Crippen molar-refractivity contribution >= 4 is 5.91 Å². The topological polar surface area (TPSA) is 54.5 Å². The van der Waals surface area contributed by atoms with Gasteiger partial charge >= 0.3 is 0 Å². The molecule has 0 saturated carbocycles. The van der Waals surface area contributed by atoms with E-state index in [2.05, 4.69) is 23.0 Å². The predicted molar refractivity (Wildman–Crippen MR) is 117 cm³/mol. The fourth-order valence-corrected chi connectivity index (χ4v) is 5.11. The average molecular weight is 426 g/mol. The summed E-state index contributed by atoms with van der Waals surface area (Å²) in [5.41, 5.74) is 3.54. The fraction of sp³-hybridized carbons (Fsp3) is 0.542. The van der Waals surface area contributed by atoms with Gasteiger partial charge < -0.3 is 24.0 Å². The summed E-state index contributed by atoms with van der Waals surface area (Å²) in [7, 11) is 3.95. The van der Waals surface area contributed by atoms with Crippen LogP contribution < -0.4 is 9.47 Å². The van der Waals surface area contributed by atoms with Gasteiger partial charge in [-0.05, 0) is 48.7 Å². The van der Waals surface area contributed by atoms with Crippen molar-refractivity contribution in [3.8, 4) is 11.5 Å². The first kappa shape index (κ1) is 20.4. The lowest BCUT2D eigenvalue weighted by Gasteiger charge is -2.43. The predicted octanol–water partition coefficient (Wildman–Crippen LogP) is 2.38. The minimum absolute atomic E-state index is 0.118. The summed E-state index contributed by atoms with van der Waals surface area (Å²) < 4.78 is 16.6. The molecule has 5 rings (SSSR count). The van der Waals surface area contributed by atoms with E-state index in [-0.39, 0.29) is 12.7 Å². The van der Waals surface area contributed by atoms with E-state index in [1.54, 1.807) is 7.11 Å². The third-order valence-corrected chi connectivity index (χ3v) is 6.92. The Labute approximate surface area is 183 Å². The molecule has 3 heterocycles. The van der Waals surface area contributed by atoms with Gasteiger partial charge in [-0.3, -0.25) is 9.69 Å². The summed E-state index contributed by atoms with van der Waals surface area (Å²) >= 11 is 0. The number of ether oxygens (including phenoxy) is 3. The smallest absolute Gasteiger partial charge is 0.231 e. The fourth-order valence-electron chi connectivity index (χ4n) is 5.11. The Balaban J connectivity index is 1.36. The molecule has 1 fully saturated rings. The number of methoxy groups -OCH3 is 1. The molecule has 0 bridgehead atoms. The summed E-state index contributed by atoms with van der Waals surface area (Å²) in [4.78, 5) is 20.0. The Bertz CT molecular complexity index is 917. The van der Waals surface area contributed by atoms with E-state index in [0.29, 0.717) is 19.0 Å². The average Bonchev–Trinajstić information content (AvgIpc) is 3.26. The van der Waals surface area contributed by atoms with Gasteiger partial charge in [0.2, 0.25) is 12.7 Å². The van der Waals surface area contributed by atoms with Gasteiger partial charge in [0.15, 0.2) is 11.5 Å². The maximum absolute atomic E-state index is 13.2. The van der Waals surface area contributed by atoms with Crippen molar-refractivity contribution in [2.24, 2.45) is 0 Å². The highest BCUT2D eigenvalue weighted by Crippen LogP contribution is 2.38. The van der Waals surface area contributed by atoms with Crippen LogP contribution in [0.1, 0.15) is 24.8 Å². The number of piperazine rings is 1. The molecular weight excluding hydrogens is 394 g/mol. The van der Waals surface area contributed by atoms with Gasteiger partial charge in [-0.1, -0.05) is 6.07 Å². The van der Waals surface area contributed by atoms with Crippen LogP contribution in [0.4, 0.5) is 0 Å². The van der Waals surface area contributed by atoms with E-state index in [9.17, 15) is 4.79 Å². The lowest BCUT2D eigenvalue weighted by Crippen LogP contribution is -2.51. The summed E-state index contributed by atoms with van der Waals surface area (Å²) in [6, 6.07) is 6.11. The molecule has 1 atom stereocenters. The number of hydrogen-bond donors (Lipinski definition) is 0. The van der Waals surface area contributed by atoms with E-state index in [0.717, 1.165) is 68.3 Å². The minimum atomic E-state index is 0.118. The Morgan fingerprint density at radius 2 is 1.90 bits per heavy atom. The molecule has 166 valence electrons. The lowest BCUT2D eigenvalue weighted by atomic mass is 9.83. The maximum Gasteiger partial charge on any atom is 0.231 e. The highest BCUT2D eigenvalue weighted by atomic mass is 16.7. The van der Waals surface area contributed by atoms with Crippen LogP contribution in [0.5, 0.6) is 11.5 Å². The van der Waals surface area contributed by atoms with Crippen molar-refractivity contribution in [3.63, 3.8) is 0 Å². The number of nitrogens with zero attached hydrogens (tertiary/aromatic N) is 3. The van der Waals surface area contributed by atoms with Crippen LogP contribution in [0.2, 0.25) is 0 Å². The van der Waals surface area contributed by atoms with Crippen LogP contribution >= 0.6 is 0 Å². The Morgan fingerprint density at radius 3 is 2.71 bits per heavy atom. The van der Waals surface area contributed by atoms with Crippen LogP contribution in [-0.2, 0) is 16.0 Å². The van der Waals surface area contributed by atoms with Crippen LogP contribution in [0, 0.1) is 0 Å². The van der Waals surface area contributed by atoms with Crippen molar-refractivity contribution in [2.45, 2.75) is 31.7 Å². The molecule has 1 unspecified atom stereocenters. The Morgan fingerprint density at radius 1 is 1.10 bits per heavy atom. The van der Waals surface area contributed by atoms with E-state index >= 15 is 0 Å². The SMILES string of the molecule is COC1=C2CCN(C(=O)Cc3ccc4c(c3)OCO4)C=C2C(N2CCN(C)CC2)CC1. The number of fused-ring (bicyclic) bond motifs is 2. The van der Waals surface area contributed by atoms with Crippen LogP contribution in [-0.4, -0.2) is 80.3 Å². The van der Waals surface area contributed by atoms with Crippen molar-refractivity contribution < 1.29 is 19.0 Å². The molecule has 1 aliphatic carbocycles. The molecule has 0 N–H and O–H groups in total. The highest BCUT2D eigenvalue weighted by molar-refractivity contribution is 5.80. The molecule has 1 amide bonds. The number of hydrogen-bond acceptors (Lipinski definition) is 6. The number of likely N-dealkylation sites (N-methyl/N-ethyl adjacent to an activating group) is 1. The molecule has 4 aliphatic rings. The molecule has 1 aromatic carbocycles. The van der Waals surface area contributed by atoms with Gasteiger partial charge in [0.1, 0.15) is 0 Å². The standard InChI is InChI=1S/C24H31N3O4/c1-25-9-11-26(12-10-25)20-4-6-21(29-2)18-7-8-27(15-19(18)20)24(28)14-17-3-5-22-23(13-17)31-16-30-22/h3,5,13,15,20H,4,6-12,14,16H2,1-2H3. The molecule has 31 heavy (non-hydrogen) atoms.